The fraction of sp³-hybridized carbons (Fsp3) is 0.462. The molecule has 2 N–H and O–H groups in total. The lowest BCUT2D eigenvalue weighted by atomic mass is 10.1. The number of carboxylic acid groups (broad SMARTS) is 1. The van der Waals surface area contributed by atoms with Gasteiger partial charge in [0.1, 0.15) is 5.54 Å². The summed E-state index contributed by atoms with van der Waals surface area (Å²) in [5.74, 6) is 0.0504. The van der Waals surface area contributed by atoms with E-state index < -0.39 is 11.5 Å². The van der Waals surface area contributed by atoms with Crippen molar-refractivity contribution in [2.45, 2.75) is 25.9 Å². The van der Waals surface area contributed by atoms with E-state index in [-0.39, 0.29) is 0 Å². The number of benzene rings is 1. The zero-order valence-corrected chi connectivity index (χ0v) is 12.2. The Morgan fingerprint density at radius 2 is 2.00 bits per heavy atom. The van der Waals surface area contributed by atoms with E-state index in [9.17, 15) is 4.79 Å². The standard InChI is InChI=1S/C13H18ClNO4/c1-13(2,12(16)17)15-7-8-5-6-9(18-3)11(19-4)10(8)14/h5-6,15H,7H2,1-4H3,(H,16,17). The Labute approximate surface area is 117 Å². The quantitative estimate of drug-likeness (QED) is 0.840. The molecule has 0 bridgehead atoms. The molecule has 1 rings (SSSR count). The van der Waals surface area contributed by atoms with Gasteiger partial charge in [0.15, 0.2) is 11.5 Å². The molecule has 0 aromatic heterocycles. The molecule has 0 saturated carbocycles. The molecule has 1 aromatic carbocycles. The molecule has 0 aliphatic rings. The number of rotatable bonds is 6. The van der Waals surface area contributed by atoms with Crippen LogP contribution in [-0.4, -0.2) is 30.8 Å². The van der Waals surface area contributed by atoms with Gasteiger partial charge in [-0.05, 0) is 25.5 Å². The summed E-state index contributed by atoms with van der Waals surface area (Å²) in [7, 11) is 3.03. The maximum Gasteiger partial charge on any atom is 0.323 e. The summed E-state index contributed by atoms with van der Waals surface area (Å²) in [5, 5.41) is 12.4. The first-order valence-electron chi connectivity index (χ1n) is 5.71. The second-order valence-corrected chi connectivity index (χ2v) is 4.94. The number of hydrogen-bond acceptors (Lipinski definition) is 4. The van der Waals surface area contributed by atoms with Crippen LogP contribution < -0.4 is 14.8 Å². The molecule has 0 saturated heterocycles. The van der Waals surface area contributed by atoms with E-state index in [1.54, 1.807) is 26.0 Å². The van der Waals surface area contributed by atoms with Gasteiger partial charge in [0.05, 0.1) is 19.2 Å². The lowest BCUT2D eigenvalue weighted by Crippen LogP contribution is -2.46. The molecule has 0 atom stereocenters. The van der Waals surface area contributed by atoms with E-state index in [0.717, 1.165) is 5.56 Å². The fourth-order valence-corrected chi connectivity index (χ4v) is 1.76. The summed E-state index contributed by atoms with van der Waals surface area (Å²) in [5.41, 5.74) is -0.287. The first kappa shape index (κ1) is 15.6. The smallest absolute Gasteiger partial charge is 0.323 e. The minimum absolute atomic E-state index is 0.318. The Morgan fingerprint density at radius 1 is 1.37 bits per heavy atom. The number of methoxy groups -OCH3 is 2. The molecule has 6 heteroatoms. The number of hydrogen-bond donors (Lipinski definition) is 2. The maximum atomic E-state index is 11.0. The number of carboxylic acids is 1. The number of halogens is 1. The second-order valence-electron chi connectivity index (χ2n) is 4.56. The van der Waals surface area contributed by atoms with E-state index in [0.29, 0.717) is 23.1 Å². The highest BCUT2D eigenvalue weighted by molar-refractivity contribution is 6.33. The molecule has 0 heterocycles. The molecule has 106 valence electrons. The Hall–Kier alpha value is -1.46. The van der Waals surface area contributed by atoms with Crippen LogP contribution in [0.5, 0.6) is 11.5 Å². The van der Waals surface area contributed by atoms with Gasteiger partial charge < -0.3 is 14.6 Å². The molecule has 0 unspecified atom stereocenters. The number of aliphatic carboxylic acids is 1. The number of carbonyl (C=O) groups is 1. The van der Waals surface area contributed by atoms with E-state index >= 15 is 0 Å². The summed E-state index contributed by atoms with van der Waals surface area (Å²) in [6.07, 6.45) is 0. The molecule has 0 amide bonds. The second kappa shape index (κ2) is 6.12. The van der Waals surface area contributed by atoms with Crippen molar-refractivity contribution in [3.8, 4) is 11.5 Å². The molecule has 19 heavy (non-hydrogen) atoms. The normalized spacial score (nSPS) is 11.2. The zero-order valence-electron chi connectivity index (χ0n) is 11.4. The van der Waals surface area contributed by atoms with Crippen molar-refractivity contribution in [2.24, 2.45) is 0 Å². The highest BCUT2D eigenvalue weighted by Gasteiger charge is 2.26. The van der Waals surface area contributed by atoms with Gasteiger partial charge in [0, 0.05) is 6.54 Å². The highest BCUT2D eigenvalue weighted by Crippen LogP contribution is 2.37. The fourth-order valence-electron chi connectivity index (χ4n) is 1.46. The summed E-state index contributed by atoms with van der Waals surface area (Å²) in [6, 6.07) is 3.50. The van der Waals surface area contributed by atoms with Crippen molar-refractivity contribution in [1.29, 1.82) is 0 Å². The summed E-state index contributed by atoms with van der Waals surface area (Å²) in [4.78, 5) is 11.0. The SMILES string of the molecule is COc1ccc(CNC(C)(C)C(=O)O)c(Cl)c1OC. The average Bonchev–Trinajstić information content (AvgIpc) is 2.36. The molecule has 0 spiro atoms. The van der Waals surface area contributed by atoms with Crippen LogP contribution in [-0.2, 0) is 11.3 Å². The van der Waals surface area contributed by atoms with Crippen LogP contribution in [0, 0.1) is 0 Å². The summed E-state index contributed by atoms with van der Waals surface area (Å²) < 4.78 is 10.3. The van der Waals surface area contributed by atoms with E-state index in [1.807, 2.05) is 0 Å². The van der Waals surface area contributed by atoms with Crippen molar-refractivity contribution in [2.75, 3.05) is 14.2 Å². The van der Waals surface area contributed by atoms with Crippen LogP contribution in [0.4, 0.5) is 0 Å². The minimum atomic E-state index is -1.03. The largest absolute Gasteiger partial charge is 0.493 e. The van der Waals surface area contributed by atoms with Gasteiger partial charge in [-0.25, -0.2) is 0 Å². The Bertz CT molecular complexity index is 474. The third kappa shape index (κ3) is 3.52. The molecule has 1 aromatic rings. The molecule has 0 aliphatic carbocycles. The van der Waals surface area contributed by atoms with Gasteiger partial charge in [-0.3, -0.25) is 10.1 Å². The predicted octanol–water partition coefficient (Wildman–Crippen LogP) is 2.31. The zero-order chi connectivity index (χ0) is 14.6. The summed E-state index contributed by atoms with van der Waals surface area (Å²) in [6.45, 7) is 3.49. The first-order chi connectivity index (χ1) is 8.83. The van der Waals surface area contributed by atoms with E-state index in [2.05, 4.69) is 5.32 Å². The lowest BCUT2D eigenvalue weighted by Gasteiger charge is -2.22. The van der Waals surface area contributed by atoms with Crippen molar-refractivity contribution in [1.82, 2.24) is 5.32 Å². The van der Waals surface area contributed by atoms with Crippen molar-refractivity contribution in [3.63, 3.8) is 0 Å². The highest BCUT2D eigenvalue weighted by atomic mass is 35.5. The first-order valence-corrected chi connectivity index (χ1v) is 6.09. The average molecular weight is 288 g/mol. The Kier molecular flexibility index (Phi) is 5.03. The number of nitrogens with one attached hydrogen (secondary N) is 1. The molecule has 0 fully saturated rings. The van der Waals surface area contributed by atoms with Gasteiger partial charge in [0.2, 0.25) is 0 Å². The Morgan fingerprint density at radius 3 is 2.47 bits per heavy atom. The van der Waals surface area contributed by atoms with Gasteiger partial charge in [0.25, 0.3) is 0 Å². The van der Waals surface area contributed by atoms with Crippen LogP contribution in [0.25, 0.3) is 0 Å². The predicted molar refractivity (Wildman–Crippen MR) is 73.1 cm³/mol. The molecular weight excluding hydrogens is 270 g/mol. The summed E-state index contributed by atoms with van der Waals surface area (Å²) >= 11 is 6.21. The molecule has 5 nitrogen and oxygen atoms in total. The van der Waals surface area contributed by atoms with E-state index in [1.165, 1.54) is 14.2 Å². The topological polar surface area (TPSA) is 67.8 Å². The van der Waals surface area contributed by atoms with Crippen molar-refractivity contribution in [3.05, 3.63) is 22.7 Å². The third-order valence-electron chi connectivity index (χ3n) is 2.82. The molecule has 0 radical (unpaired) electrons. The maximum absolute atomic E-state index is 11.0. The lowest BCUT2D eigenvalue weighted by molar-refractivity contribution is -0.143. The van der Waals surface area contributed by atoms with Gasteiger partial charge >= 0.3 is 5.97 Å². The third-order valence-corrected chi connectivity index (χ3v) is 3.23. The van der Waals surface area contributed by atoms with Gasteiger partial charge in [-0.2, -0.15) is 0 Å². The van der Waals surface area contributed by atoms with Crippen LogP contribution >= 0.6 is 11.6 Å². The van der Waals surface area contributed by atoms with Crippen LogP contribution in [0.2, 0.25) is 5.02 Å². The minimum Gasteiger partial charge on any atom is -0.493 e. The van der Waals surface area contributed by atoms with Gasteiger partial charge in [-0.15, -0.1) is 0 Å². The van der Waals surface area contributed by atoms with Crippen molar-refractivity contribution < 1.29 is 19.4 Å². The van der Waals surface area contributed by atoms with Gasteiger partial charge in [-0.1, -0.05) is 17.7 Å². The molecule has 0 aliphatic heterocycles. The van der Waals surface area contributed by atoms with Crippen molar-refractivity contribution >= 4 is 17.6 Å². The molecular formula is C13H18ClNO4. The van der Waals surface area contributed by atoms with Crippen LogP contribution in [0.1, 0.15) is 19.4 Å². The van der Waals surface area contributed by atoms with Crippen LogP contribution in [0.3, 0.4) is 0 Å². The van der Waals surface area contributed by atoms with E-state index in [4.69, 9.17) is 26.2 Å². The Balaban J connectivity index is 2.95. The van der Waals surface area contributed by atoms with Crippen LogP contribution in [0.15, 0.2) is 12.1 Å². The monoisotopic (exact) mass is 287 g/mol. The number of ether oxygens (including phenoxy) is 2.